The van der Waals surface area contributed by atoms with Gasteiger partial charge < -0.3 is 20.3 Å². The van der Waals surface area contributed by atoms with Crippen molar-refractivity contribution in [3.05, 3.63) is 60.2 Å². The van der Waals surface area contributed by atoms with E-state index in [1.807, 2.05) is 25.1 Å². The fourth-order valence-corrected chi connectivity index (χ4v) is 2.81. The molecule has 4 atom stereocenters. The second-order valence-corrected chi connectivity index (χ2v) is 6.03. The molecule has 0 saturated carbocycles. The summed E-state index contributed by atoms with van der Waals surface area (Å²) >= 11 is 0. The summed E-state index contributed by atoms with van der Waals surface area (Å²) in [6, 6.07) is 18.3. The average molecular weight is 313 g/mol. The van der Waals surface area contributed by atoms with Gasteiger partial charge in [-0.2, -0.15) is 0 Å². The van der Waals surface area contributed by atoms with Crippen molar-refractivity contribution in [2.45, 2.75) is 44.5 Å². The lowest BCUT2D eigenvalue weighted by atomic mass is 10.0. The van der Waals surface area contributed by atoms with Crippen molar-refractivity contribution in [3.63, 3.8) is 0 Å². The third kappa shape index (κ3) is 3.98. The molecule has 3 N–H and O–H groups in total. The zero-order chi connectivity index (χ0) is 16.2. The summed E-state index contributed by atoms with van der Waals surface area (Å²) in [5.41, 5.74) is 9.37. The van der Waals surface area contributed by atoms with Crippen LogP contribution < -0.4 is 5.73 Å². The molecule has 0 aliphatic carbocycles. The first-order chi connectivity index (χ1) is 11.1. The van der Waals surface area contributed by atoms with Crippen molar-refractivity contribution in [3.8, 4) is 11.1 Å². The van der Waals surface area contributed by atoms with Gasteiger partial charge in [0.25, 0.3) is 0 Å². The Kier molecular flexibility index (Phi) is 5.08. The quantitative estimate of drug-likeness (QED) is 0.911. The normalized spacial score (nSPS) is 27.8. The van der Waals surface area contributed by atoms with E-state index in [0.717, 1.165) is 5.56 Å². The molecule has 0 spiro atoms. The van der Waals surface area contributed by atoms with E-state index in [1.165, 1.54) is 11.1 Å². The van der Waals surface area contributed by atoms with E-state index in [4.69, 9.17) is 15.2 Å². The van der Waals surface area contributed by atoms with Crippen LogP contribution in [0, 0.1) is 0 Å². The van der Waals surface area contributed by atoms with Gasteiger partial charge in [-0.15, -0.1) is 0 Å². The highest BCUT2D eigenvalue weighted by Crippen LogP contribution is 2.22. The van der Waals surface area contributed by atoms with Gasteiger partial charge in [0.15, 0.2) is 6.29 Å². The molecule has 1 aliphatic heterocycles. The summed E-state index contributed by atoms with van der Waals surface area (Å²) in [6.45, 7) is 2.28. The lowest BCUT2D eigenvalue weighted by Crippen LogP contribution is -2.51. The lowest BCUT2D eigenvalue weighted by Gasteiger charge is -2.35. The molecule has 0 aromatic heterocycles. The molecule has 3 rings (SSSR count). The molecule has 23 heavy (non-hydrogen) atoms. The van der Waals surface area contributed by atoms with Crippen molar-refractivity contribution < 1.29 is 14.6 Å². The third-order valence-electron chi connectivity index (χ3n) is 4.25. The predicted octanol–water partition coefficient (Wildman–Crippen LogP) is 2.69. The van der Waals surface area contributed by atoms with Crippen molar-refractivity contribution in [2.75, 3.05) is 0 Å². The van der Waals surface area contributed by atoms with Crippen molar-refractivity contribution in [1.29, 1.82) is 0 Å². The van der Waals surface area contributed by atoms with Crippen LogP contribution in [0.3, 0.4) is 0 Å². The number of aliphatic hydroxyl groups excluding tert-OH is 1. The Morgan fingerprint density at radius 1 is 1.09 bits per heavy atom. The molecular weight excluding hydrogens is 290 g/mol. The Labute approximate surface area is 136 Å². The minimum absolute atomic E-state index is 0.302. The predicted molar refractivity (Wildman–Crippen MR) is 89.6 cm³/mol. The number of hydrogen-bond donors (Lipinski definition) is 2. The summed E-state index contributed by atoms with van der Waals surface area (Å²) in [7, 11) is 0. The van der Waals surface area contributed by atoms with Crippen LogP contribution in [-0.2, 0) is 16.1 Å². The number of aliphatic hydroxyl groups is 1. The standard InChI is InChI=1S/C19H23NO3/c1-13-19(21)17(20)11-18(23-13)22-12-14-7-9-16(10-8-14)15-5-3-2-4-6-15/h2-10,13,17-19,21H,11-12,20H2,1H3/t13-,17-,18-,19-/m1/s1. The van der Waals surface area contributed by atoms with Gasteiger partial charge in [0.05, 0.1) is 18.8 Å². The molecule has 2 aromatic carbocycles. The summed E-state index contributed by atoms with van der Waals surface area (Å²) in [6.07, 6.45) is -0.783. The monoisotopic (exact) mass is 313 g/mol. The Morgan fingerprint density at radius 2 is 1.74 bits per heavy atom. The molecule has 0 bridgehead atoms. The summed E-state index contributed by atoms with van der Waals surface area (Å²) in [4.78, 5) is 0. The minimum atomic E-state index is -0.625. The second kappa shape index (κ2) is 7.23. The van der Waals surface area contributed by atoms with Crippen LogP contribution >= 0.6 is 0 Å². The Morgan fingerprint density at radius 3 is 2.39 bits per heavy atom. The van der Waals surface area contributed by atoms with Crippen molar-refractivity contribution >= 4 is 0 Å². The van der Waals surface area contributed by atoms with Gasteiger partial charge in [-0.25, -0.2) is 0 Å². The van der Waals surface area contributed by atoms with Crippen LogP contribution in [0.2, 0.25) is 0 Å². The number of rotatable bonds is 4. The summed E-state index contributed by atoms with van der Waals surface area (Å²) < 4.78 is 11.4. The smallest absolute Gasteiger partial charge is 0.160 e. The third-order valence-corrected chi connectivity index (χ3v) is 4.25. The number of ether oxygens (including phenoxy) is 2. The first-order valence-corrected chi connectivity index (χ1v) is 7.98. The molecule has 1 fully saturated rings. The number of benzene rings is 2. The molecule has 4 heteroatoms. The molecule has 122 valence electrons. The fourth-order valence-electron chi connectivity index (χ4n) is 2.81. The zero-order valence-electron chi connectivity index (χ0n) is 13.3. The van der Waals surface area contributed by atoms with Gasteiger partial charge in [0, 0.05) is 12.5 Å². The van der Waals surface area contributed by atoms with Crippen LogP contribution in [0.4, 0.5) is 0 Å². The first kappa shape index (κ1) is 16.1. The maximum atomic E-state index is 9.78. The molecule has 1 heterocycles. The lowest BCUT2D eigenvalue weighted by molar-refractivity contribution is -0.226. The van der Waals surface area contributed by atoms with Gasteiger partial charge in [-0.05, 0) is 23.6 Å². The van der Waals surface area contributed by atoms with Gasteiger partial charge in [0.2, 0.25) is 0 Å². The van der Waals surface area contributed by atoms with Gasteiger partial charge in [0.1, 0.15) is 0 Å². The van der Waals surface area contributed by atoms with Gasteiger partial charge in [-0.3, -0.25) is 0 Å². The van der Waals surface area contributed by atoms with Crippen LogP contribution in [0.25, 0.3) is 11.1 Å². The largest absolute Gasteiger partial charge is 0.389 e. The highest BCUT2D eigenvalue weighted by atomic mass is 16.7. The van der Waals surface area contributed by atoms with E-state index in [9.17, 15) is 5.11 Å². The zero-order valence-corrected chi connectivity index (χ0v) is 13.3. The summed E-state index contributed by atoms with van der Waals surface area (Å²) in [5.74, 6) is 0. The van der Waals surface area contributed by atoms with Gasteiger partial charge >= 0.3 is 0 Å². The molecular formula is C19H23NO3. The van der Waals surface area contributed by atoms with E-state index < -0.39 is 6.10 Å². The van der Waals surface area contributed by atoms with Crippen LogP contribution in [0.5, 0.6) is 0 Å². The maximum Gasteiger partial charge on any atom is 0.160 e. The van der Waals surface area contributed by atoms with Crippen LogP contribution in [0.1, 0.15) is 18.9 Å². The van der Waals surface area contributed by atoms with Crippen LogP contribution in [-0.4, -0.2) is 29.6 Å². The van der Waals surface area contributed by atoms with E-state index in [2.05, 4.69) is 36.4 Å². The molecule has 0 radical (unpaired) electrons. The average Bonchev–Trinajstić information content (AvgIpc) is 2.59. The Bertz CT molecular complexity index is 602. The number of hydrogen-bond acceptors (Lipinski definition) is 4. The Hall–Kier alpha value is -1.72. The van der Waals surface area contributed by atoms with Crippen molar-refractivity contribution in [1.82, 2.24) is 0 Å². The van der Waals surface area contributed by atoms with Crippen LogP contribution in [0.15, 0.2) is 54.6 Å². The highest BCUT2D eigenvalue weighted by Gasteiger charge is 2.33. The SMILES string of the molecule is C[C@H]1O[C@@H](OCc2ccc(-c3ccccc3)cc2)C[C@@H](N)[C@@H]1O. The van der Waals surface area contributed by atoms with Crippen molar-refractivity contribution in [2.24, 2.45) is 5.73 Å². The molecule has 2 aromatic rings. The molecule has 1 aliphatic rings. The van der Waals surface area contributed by atoms with E-state index in [0.29, 0.717) is 13.0 Å². The minimum Gasteiger partial charge on any atom is -0.389 e. The Balaban J connectivity index is 1.57. The highest BCUT2D eigenvalue weighted by molar-refractivity contribution is 5.63. The van der Waals surface area contributed by atoms with E-state index in [1.54, 1.807) is 0 Å². The molecule has 0 amide bonds. The van der Waals surface area contributed by atoms with E-state index in [-0.39, 0.29) is 18.4 Å². The molecule has 0 unspecified atom stereocenters. The summed E-state index contributed by atoms with van der Waals surface area (Å²) in [5, 5.41) is 9.78. The fraction of sp³-hybridized carbons (Fsp3) is 0.368. The topological polar surface area (TPSA) is 64.7 Å². The van der Waals surface area contributed by atoms with E-state index >= 15 is 0 Å². The molecule has 1 saturated heterocycles. The second-order valence-electron chi connectivity index (χ2n) is 6.03. The van der Waals surface area contributed by atoms with Gasteiger partial charge in [-0.1, -0.05) is 54.6 Å². The molecule has 4 nitrogen and oxygen atoms in total. The first-order valence-electron chi connectivity index (χ1n) is 7.98. The number of nitrogens with two attached hydrogens (primary N) is 1. The maximum absolute atomic E-state index is 9.78.